The number of fused-ring (bicyclic) bond motifs is 1. The third kappa shape index (κ3) is 2.72. The molecule has 5 heteroatoms. The predicted molar refractivity (Wildman–Crippen MR) is 79.8 cm³/mol. The van der Waals surface area contributed by atoms with Crippen LogP contribution in [0.2, 0.25) is 0 Å². The van der Waals surface area contributed by atoms with Gasteiger partial charge in [0, 0.05) is 38.2 Å². The van der Waals surface area contributed by atoms with Crippen molar-refractivity contribution in [3.8, 4) is 0 Å². The summed E-state index contributed by atoms with van der Waals surface area (Å²) in [7, 11) is 0. The quantitative estimate of drug-likeness (QED) is 0.662. The number of nitrogens with one attached hydrogen (secondary N) is 1. The minimum atomic E-state index is 0.854. The molecule has 104 valence electrons. The Bertz CT molecular complexity index is 455. The van der Waals surface area contributed by atoms with Gasteiger partial charge in [-0.2, -0.15) is 0 Å². The van der Waals surface area contributed by atoms with Crippen LogP contribution < -0.4 is 10.2 Å². The normalized spacial score (nSPS) is 20.4. The van der Waals surface area contributed by atoms with E-state index in [9.17, 15) is 0 Å². The van der Waals surface area contributed by atoms with Gasteiger partial charge in [0.25, 0.3) is 0 Å². The fourth-order valence-electron chi connectivity index (χ4n) is 2.88. The summed E-state index contributed by atoms with van der Waals surface area (Å²) in [6.45, 7) is 6.58. The first-order valence-corrected chi connectivity index (χ1v) is 8.40. The molecule has 19 heavy (non-hydrogen) atoms. The predicted octanol–water partition coefficient (Wildman–Crippen LogP) is 2.08. The van der Waals surface area contributed by atoms with Gasteiger partial charge in [-0.25, -0.2) is 9.97 Å². The number of hydrogen-bond acceptors (Lipinski definition) is 5. The lowest BCUT2D eigenvalue weighted by Crippen LogP contribution is -2.36. The number of aromatic nitrogens is 2. The Morgan fingerprint density at radius 1 is 1.26 bits per heavy atom. The molecule has 3 heterocycles. The molecule has 0 spiro atoms. The van der Waals surface area contributed by atoms with Crippen LogP contribution >= 0.6 is 11.8 Å². The Hall–Kier alpha value is -0.810. The second-order valence-electron chi connectivity index (χ2n) is 5.56. The zero-order valence-corrected chi connectivity index (χ0v) is 12.6. The lowest BCUT2D eigenvalue weighted by atomic mass is 9.98. The highest BCUT2D eigenvalue weighted by molar-refractivity contribution is 7.98. The van der Waals surface area contributed by atoms with Crippen molar-refractivity contribution in [2.24, 2.45) is 5.92 Å². The van der Waals surface area contributed by atoms with Crippen molar-refractivity contribution >= 4 is 17.6 Å². The maximum atomic E-state index is 4.79. The Labute approximate surface area is 119 Å². The van der Waals surface area contributed by atoms with Gasteiger partial charge in [-0.1, -0.05) is 18.7 Å². The van der Waals surface area contributed by atoms with E-state index in [0.717, 1.165) is 43.7 Å². The molecule has 0 atom stereocenters. The average Bonchev–Trinajstić information content (AvgIpc) is 2.47. The molecular weight excluding hydrogens is 256 g/mol. The average molecular weight is 278 g/mol. The monoisotopic (exact) mass is 278 g/mol. The van der Waals surface area contributed by atoms with Gasteiger partial charge < -0.3 is 10.2 Å². The van der Waals surface area contributed by atoms with Crippen molar-refractivity contribution in [2.45, 2.75) is 37.9 Å². The number of rotatable bonds is 2. The maximum absolute atomic E-state index is 4.79. The highest BCUT2D eigenvalue weighted by atomic mass is 32.2. The topological polar surface area (TPSA) is 41.1 Å². The van der Waals surface area contributed by atoms with Crippen LogP contribution in [0.1, 0.15) is 31.0 Å². The minimum absolute atomic E-state index is 0.854. The largest absolute Gasteiger partial charge is 0.356 e. The lowest BCUT2D eigenvalue weighted by molar-refractivity contribution is 0.434. The van der Waals surface area contributed by atoms with Gasteiger partial charge in [0.1, 0.15) is 5.82 Å². The summed E-state index contributed by atoms with van der Waals surface area (Å²) in [4.78, 5) is 11.9. The van der Waals surface area contributed by atoms with Crippen LogP contribution in [0.5, 0.6) is 0 Å². The summed E-state index contributed by atoms with van der Waals surface area (Å²) < 4.78 is 0. The first-order valence-electron chi connectivity index (χ1n) is 7.17. The van der Waals surface area contributed by atoms with Gasteiger partial charge in [-0.05, 0) is 25.0 Å². The fourth-order valence-corrected chi connectivity index (χ4v) is 3.26. The summed E-state index contributed by atoms with van der Waals surface area (Å²) in [6.07, 6.45) is 5.65. The molecule has 1 aromatic rings. The van der Waals surface area contributed by atoms with Crippen LogP contribution in [-0.2, 0) is 13.0 Å². The maximum Gasteiger partial charge on any atom is 0.189 e. The van der Waals surface area contributed by atoms with E-state index >= 15 is 0 Å². The van der Waals surface area contributed by atoms with Crippen LogP contribution in [0, 0.1) is 5.92 Å². The summed E-state index contributed by atoms with van der Waals surface area (Å²) >= 11 is 1.65. The lowest BCUT2D eigenvalue weighted by Gasteiger charge is -2.34. The Morgan fingerprint density at radius 3 is 2.79 bits per heavy atom. The summed E-state index contributed by atoms with van der Waals surface area (Å²) in [5.41, 5.74) is 2.59. The molecule has 2 aliphatic rings. The second-order valence-corrected chi connectivity index (χ2v) is 6.33. The highest BCUT2D eigenvalue weighted by Crippen LogP contribution is 2.29. The van der Waals surface area contributed by atoms with Crippen LogP contribution in [0.15, 0.2) is 5.16 Å². The van der Waals surface area contributed by atoms with Crippen molar-refractivity contribution in [1.82, 2.24) is 15.3 Å². The molecule has 1 N–H and O–H groups in total. The standard InChI is InChI=1S/C14H22N4S/c1-10-4-7-18(8-5-10)13-11-9-15-6-3-12(11)16-14(17-13)19-2/h10,15H,3-9H2,1-2H3. The van der Waals surface area contributed by atoms with Gasteiger partial charge >= 0.3 is 0 Å². The molecule has 1 fully saturated rings. The van der Waals surface area contributed by atoms with Crippen molar-refractivity contribution in [1.29, 1.82) is 0 Å². The van der Waals surface area contributed by atoms with Crippen LogP contribution in [0.3, 0.4) is 0 Å². The van der Waals surface area contributed by atoms with Crippen LogP contribution in [0.4, 0.5) is 5.82 Å². The zero-order valence-electron chi connectivity index (χ0n) is 11.8. The molecule has 0 aliphatic carbocycles. The molecule has 0 aromatic carbocycles. The first-order chi connectivity index (χ1) is 9.28. The number of anilines is 1. The Balaban J connectivity index is 1.94. The molecule has 0 radical (unpaired) electrons. The van der Waals surface area contributed by atoms with Gasteiger partial charge in [0.2, 0.25) is 0 Å². The van der Waals surface area contributed by atoms with Crippen LogP contribution in [0.25, 0.3) is 0 Å². The molecule has 4 nitrogen and oxygen atoms in total. The highest BCUT2D eigenvalue weighted by Gasteiger charge is 2.24. The SMILES string of the molecule is CSc1nc2c(c(N3CCC(C)CC3)n1)CNCC2. The molecule has 0 bridgehead atoms. The zero-order chi connectivity index (χ0) is 13.2. The molecular formula is C14H22N4S. The van der Waals surface area contributed by atoms with Gasteiger partial charge in [-0.15, -0.1) is 0 Å². The Kier molecular flexibility index (Phi) is 3.93. The summed E-state index contributed by atoms with van der Waals surface area (Å²) in [5.74, 6) is 2.04. The second kappa shape index (κ2) is 5.67. The molecule has 3 rings (SSSR count). The first kappa shape index (κ1) is 13.2. The van der Waals surface area contributed by atoms with Gasteiger partial charge in [0.05, 0.1) is 5.69 Å². The van der Waals surface area contributed by atoms with Crippen molar-refractivity contribution in [2.75, 3.05) is 30.8 Å². The number of hydrogen-bond donors (Lipinski definition) is 1. The minimum Gasteiger partial charge on any atom is -0.356 e. The van der Waals surface area contributed by atoms with E-state index in [4.69, 9.17) is 4.98 Å². The van der Waals surface area contributed by atoms with Crippen LogP contribution in [-0.4, -0.2) is 35.9 Å². The fraction of sp³-hybridized carbons (Fsp3) is 0.714. The molecule has 1 saturated heterocycles. The van der Waals surface area contributed by atoms with E-state index in [2.05, 4.69) is 28.4 Å². The molecule has 0 unspecified atom stereocenters. The van der Waals surface area contributed by atoms with E-state index in [0.29, 0.717) is 0 Å². The smallest absolute Gasteiger partial charge is 0.189 e. The summed E-state index contributed by atoms with van der Waals surface area (Å²) in [5, 5.41) is 4.38. The van der Waals surface area contributed by atoms with Gasteiger partial charge in [-0.3, -0.25) is 0 Å². The molecule has 0 saturated carbocycles. The Morgan fingerprint density at radius 2 is 2.05 bits per heavy atom. The third-order valence-corrected chi connectivity index (χ3v) is 4.70. The number of nitrogens with zero attached hydrogens (tertiary/aromatic N) is 3. The molecule has 2 aliphatic heterocycles. The number of thioether (sulfide) groups is 1. The van der Waals surface area contributed by atoms with E-state index in [1.807, 2.05) is 0 Å². The van der Waals surface area contributed by atoms with E-state index in [-0.39, 0.29) is 0 Å². The van der Waals surface area contributed by atoms with Crippen molar-refractivity contribution < 1.29 is 0 Å². The summed E-state index contributed by atoms with van der Waals surface area (Å²) in [6, 6.07) is 0. The molecule has 1 aromatic heterocycles. The van der Waals surface area contributed by atoms with E-state index in [1.165, 1.54) is 29.9 Å². The third-order valence-electron chi connectivity index (χ3n) is 4.16. The molecule has 0 amide bonds. The van der Waals surface area contributed by atoms with Gasteiger partial charge in [0.15, 0.2) is 5.16 Å². The number of piperidine rings is 1. The van der Waals surface area contributed by atoms with E-state index < -0.39 is 0 Å². The van der Waals surface area contributed by atoms with E-state index in [1.54, 1.807) is 11.8 Å². The van der Waals surface area contributed by atoms with Crippen molar-refractivity contribution in [3.05, 3.63) is 11.3 Å². The van der Waals surface area contributed by atoms with Crippen molar-refractivity contribution in [3.63, 3.8) is 0 Å².